The van der Waals surface area contributed by atoms with Crippen molar-refractivity contribution >= 4 is 0 Å². The number of aliphatic hydroxyl groups excluding tert-OH is 1. The van der Waals surface area contributed by atoms with Crippen LogP contribution >= 0.6 is 0 Å². The van der Waals surface area contributed by atoms with Gasteiger partial charge in [-0.15, -0.1) is 0 Å². The molecule has 1 aromatic rings. The molecule has 0 aliphatic carbocycles. The van der Waals surface area contributed by atoms with Crippen LogP contribution in [0.3, 0.4) is 0 Å². The van der Waals surface area contributed by atoms with Gasteiger partial charge in [0.25, 0.3) is 0 Å². The molecule has 4 N–H and O–H groups in total. The standard InChI is InChI=1S/C18H29N3O4/c19-15(12-21-7-1-2-8-21)17(22)14-3-4-16(20-11-14)25-13-18(23)5-9-24-10-6-18/h3-4,11,15,17,22-23H,1-2,5-10,12-13,19H2/t15-,17-/m1/s1. The third-order valence-electron chi connectivity index (χ3n) is 5.09. The van der Waals surface area contributed by atoms with Crippen LogP contribution in [0.4, 0.5) is 0 Å². The predicted molar refractivity (Wildman–Crippen MR) is 93.3 cm³/mol. The Kier molecular flexibility index (Phi) is 6.24. The van der Waals surface area contributed by atoms with Crippen molar-refractivity contribution in [2.24, 2.45) is 5.73 Å². The first kappa shape index (κ1) is 18.5. The molecule has 3 heterocycles. The van der Waals surface area contributed by atoms with Gasteiger partial charge in [-0.3, -0.25) is 0 Å². The number of nitrogens with two attached hydrogens (primary N) is 1. The summed E-state index contributed by atoms with van der Waals surface area (Å²) in [6.07, 6.45) is 4.38. The van der Waals surface area contributed by atoms with Crippen LogP contribution in [0.15, 0.2) is 18.3 Å². The molecule has 7 nitrogen and oxygen atoms in total. The van der Waals surface area contributed by atoms with Crippen molar-refractivity contribution in [3.8, 4) is 5.88 Å². The van der Waals surface area contributed by atoms with Crippen molar-refractivity contribution in [2.75, 3.05) is 39.5 Å². The number of nitrogens with zero attached hydrogens (tertiary/aromatic N) is 2. The van der Waals surface area contributed by atoms with E-state index in [9.17, 15) is 10.2 Å². The first-order valence-electron chi connectivity index (χ1n) is 9.11. The fourth-order valence-electron chi connectivity index (χ4n) is 3.37. The largest absolute Gasteiger partial charge is 0.475 e. The van der Waals surface area contributed by atoms with E-state index in [2.05, 4.69) is 9.88 Å². The van der Waals surface area contributed by atoms with Crippen LogP contribution in [0.1, 0.15) is 37.4 Å². The molecule has 3 rings (SSSR count). The van der Waals surface area contributed by atoms with Gasteiger partial charge in [-0.1, -0.05) is 0 Å². The van der Waals surface area contributed by atoms with Crippen molar-refractivity contribution in [1.82, 2.24) is 9.88 Å². The maximum absolute atomic E-state index is 10.4. The summed E-state index contributed by atoms with van der Waals surface area (Å²) in [5, 5.41) is 20.8. The van der Waals surface area contributed by atoms with Crippen molar-refractivity contribution in [3.05, 3.63) is 23.9 Å². The van der Waals surface area contributed by atoms with Crippen LogP contribution in [0, 0.1) is 0 Å². The molecule has 2 aliphatic heterocycles. The molecule has 2 saturated heterocycles. The predicted octanol–water partition coefficient (Wildman–Crippen LogP) is 0.458. The summed E-state index contributed by atoms with van der Waals surface area (Å²) in [7, 11) is 0. The van der Waals surface area contributed by atoms with Crippen molar-refractivity contribution < 1.29 is 19.7 Å². The minimum absolute atomic E-state index is 0.194. The Labute approximate surface area is 148 Å². The number of aromatic nitrogens is 1. The van der Waals surface area contributed by atoms with Crippen LogP contribution in [0.5, 0.6) is 5.88 Å². The van der Waals surface area contributed by atoms with E-state index in [1.165, 1.54) is 12.8 Å². The van der Waals surface area contributed by atoms with Crippen LogP contribution in [-0.4, -0.2) is 71.2 Å². The van der Waals surface area contributed by atoms with E-state index in [1.807, 2.05) is 0 Å². The lowest BCUT2D eigenvalue weighted by Gasteiger charge is -2.31. The summed E-state index contributed by atoms with van der Waals surface area (Å²) in [5.74, 6) is 0.434. The van der Waals surface area contributed by atoms with Crippen LogP contribution in [0.2, 0.25) is 0 Å². The Bertz CT molecular complexity index is 528. The number of hydrogen-bond acceptors (Lipinski definition) is 7. The second kappa shape index (κ2) is 8.42. The summed E-state index contributed by atoms with van der Waals surface area (Å²) < 4.78 is 10.9. The van der Waals surface area contributed by atoms with Gasteiger partial charge in [0, 0.05) is 56.5 Å². The van der Waals surface area contributed by atoms with Gasteiger partial charge in [0.2, 0.25) is 5.88 Å². The lowest BCUT2D eigenvalue weighted by molar-refractivity contribution is -0.0862. The van der Waals surface area contributed by atoms with Crippen molar-refractivity contribution in [2.45, 2.75) is 43.4 Å². The normalized spacial score (nSPS) is 23.3. The molecule has 0 aromatic carbocycles. The fraction of sp³-hybridized carbons (Fsp3) is 0.722. The minimum atomic E-state index is -0.851. The molecule has 0 spiro atoms. The van der Waals surface area contributed by atoms with Crippen molar-refractivity contribution in [1.29, 1.82) is 0 Å². The minimum Gasteiger partial charge on any atom is -0.475 e. The third kappa shape index (κ3) is 5.12. The highest BCUT2D eigenvalue weighted by Crippen LogP contribution is 2.23. The Morgan fingerprint density at radius 2 is 2.00 bits per heavy atom. The van der Waals surface area contributed by atoms with Crippen LogP contribution in [-0.2, 0) is 4.74 Å². The van der Waals surface area contributed by atoms with Crippen LogP contribution in [0.25, 0.3) is 0 Å². The summed E-state index contributed by atoms with van der Waals surface area (Å²) in [4.78, 5) is 6.52. The lowest BCUT2D eigenvalue weighted by Crippen LogP contribution is -2.41. The molecule has 140 valence electrons. The summed E-state index contributed by atoms with van der Waals surface area (Å²) >= 11 is 0. The van der Waals surface area contributed by atoms with Gasteiger partial charge in [-0.05, 0) is 32.0 Å². The molecule has 0 saturated carbocycles. The summed E-state index contributed by atoms with van der Waals surface area (Å²) in [5.41, 5.74) is 5.98. The van der Waals surface area contributed by atoms with Gasteiger partial charge in [-0.25, -0.2) is 4.98 Å². The smallest absolute Gasteiger partial charge is 0.213 e. The Morgan fingerprint density at radius 1 is 1.28 bits per heavy atom. The number of ether oxygens (including phenoxy) is 2. The zero-order valence-electron chi connectivity index (χ0n) is 14.6. The maximum Gasteiger partial charge on any atom is 0.213 e. The zero-order valence-corrected chi connectivity index (χ0v) is 14.6. The number of rotatable bonds is 7. The number of aliphatic hydroxyl groups is 2. The van der Waals surface area contributed by atoms with Gasteiger partial charge >= 0.3 is 0 Å². The average molecular weight is 351 g/mol. The summed E-state index contributed by atoms with van der Waals surface area (Å²) in [6, 6.07) is 3.16. The SMILES string of the molecule is N[C@H](CN1CCCC1)[C@H](O)c1ccc(OCC2(O)CCOCC2)nc1. The van der Waals surface area contributed by atoms with Gasteiger partial charge < -0.3 is 30.3 Å². The Balaban J connectivity index is 1.50. The highest BCUT2D eigenvalue weighted by Gasteiger charge is 2.31. The van der Waals surface area contributed by atoms with E-state index in [-0.39, 0.29) is 12.6 Å². The van der Waals surface area contributed by atoms with E-state index < -0.39 is 11.7 Å². The molecular weight excluding hydrogens is 322 g/mol. The Hall–Kier alpha value is -1.25. The molecule has 0 unspecified atom stereocenters. The first-order chi connectivity index (χ1) is 12.1. The van der Waals surface area contributed by atoms with Gasteiger partial charge in [0.05, 0.1) is 6.10 Å². The monoisotopic (exact) mass is 351 g/mol. The first-order valence-corrected chi connectivity index (χ1v) is 9.11. The molecule has 1 aromatic heterocycles. The van der Waals surface area contributed by atoms with E-state index in [0.29, 0.717) is 44.0 Å². The third-order valence-corrected chi connectivity index (χ3v) is 5.09. The van der Waals surface area contributed by atoms with E-state index in [0.717, 1.165) is 13.1 Å². The molecule has 0 amide bonds. The molecule has 2 aliphatic rings. The molecule has 7 heteroatoms. The molecule has 25 heavy (non-hydrogen) atoms. The molecule has 2 fully saturated rings. The second-order valence-electron chi connectivity index (χ2n) is 7.17. The molecule has 2 atom stereocenters. The molecule has 0 bridgehead atoms. The highest BCUT2D eigenvalue weighted by atomic mass is 16.5. The van der Waals surface area contributed by atoms with E-state index >= 15 is 0 Å². The molecular formula is C18H29N3O4. The maximum atomic E-state index is 10.4. The number of hydrogen-bond donors (Lipinski definition) is 3. The number of pyridine rings is 1. The average Bonchev–Trinajstić information content (AvgIpc) is 3.13. The van der Waals surface area contributed by atoms with Gasteiger partial charge in [-0.2, -0.15) is 0 Å². The summed E-state index contributed by atoms with van der Waals surface area (Å²) in [6.45, 7) is 4.09. The van der Waals surface area contributed by atoms with Gasteiger partial charge in [0.1, 0.15) is 12.2 Å². The topological polar surface area (TPSA) is 101 Å². The molecule has 0 radical (unpaired) electrons. The quantitative estimate of drug-likeness (QED) is 0.656. The zero-order chi connectivity index (χ0) is 17.7. The Morgan fingerprint density at radius 3 is 2.64 bits per heavy atom. The van der Waals surface area contributed by atoms with Crippen LogP contribution < -0.4 is 10.5 Å². The number of likely N-dealkylation sites (tertiary alicyclic amines) is 1. The van der Waals surface area contributed by atoms with Crippen molar-refractivity contribution in [3.63, 3.8) is 0 Å². The van der Waals surface area contributed by atoms with Gasteiger partial charge in [0.15, 0.2) is 0 Å². The second-order valence-corrected chi connectivity index (χ2v) is 7.17. The van der Waals surface area contributed by atoms with E-state index in [4.69, 9.17) is 15.2 Å². The van der Waals surface area contributed by atoms with E-state index in [1.54, 1.807) is 18.3 Å². The highest BCUT2D eigenvalue weighted by molar-refractivity contribution is 5.21. The fourth-order valence-corrected chi connectivity index (χ4v) is 3.37. The lowest BCUT2D eigenvalue weighted by atomic mass is 9.96.